The number of nitro groups is 1. The second kappa shape index (κ2) is 6.91. The van der Waals surface area contributed by atoms with Gasteiger partial charge in [0, 0.05) is 19.0 Å². The van der Waals surface area contributed by atoms with Crippen LogP contribution >= 0.6 is 0 Å². The zero-order valence-corrected chi connectivity index (χ0v) is 10.8. The van der Waals surface area contributed by atoms with E-state index in [1.54, 1.807) is 0 Å². The van der Waals surface area contributed by atoms with Crippen molar-refractivity contribution in [2.45, 2.75) is 25.4 Å². The number of hydrogen-bond acceptors (Lipinski definition) is 4. The first-order valence-electron chi connectivity index (χ1n) is 6.03. The zero-order valence-electron chi connectivity index (χ0n) is 10.8. The molecule has 0 unspecified atom stereocenters. The number of nitro benzene ring substituents is 1. The fourth-order valence-electron chi connectivity index (χ4n) is 1.61. The fraction of sp³-hybridized carbons (Fsp3) is 0.417. The molecule has 0 saturated heterocycles. The molecule has 0 bridgehead atoms. The molecule has 1 amide bonds. The Morgan fingerprint density at radius 3 is 2.57 bits per heavy atom. The fourth-order valence-corrected chi connectivity index (χ4v) is 1.61. The Morgan fingerprint density at radius 2 is 2.00 bits per heavy atom. The number of hydrogen-bond donors (Lipinski definition) is 2. The maximum absolute atomic E-state index is 11.9. The summed E-state index contributed by atoms with van der Waals surface area (Å²) in [6.45, 7) is -0.0400. The van der Waals surface area contributed by atoms with Crippen molar-refractivity contribution >= 4 is 11.6 Å². The van der Waals surface area contributed by atoms with Gasteiger partial charge in [0.15, 0.2) is 0 Å². The highest BCUT2D eigenvalue weighted by Crippen LogP contribution is 2.23. The SMILES string of the molecule is O=C(NCCCCC(F)(F)F)c1cc(O)ccc1[N+](=O)[O-]. The number of alkyl halides is 3. The van der Waals surface area contributed by atoms with Crippen molar-refractivity contribution in [2.24, 2.45) is 0 Å². The first-order chi connectivity index (χ1) is 9.70. The minimum atomic E-state index is -4.24. The number of nitrogens with one attached hydrogen (secondary N) is 1. The van der Waals surface area contributed by atoms with Gasteiger partial charge < -0.3 is 10.4 Å². The smallest absolute Gasteiger partial charge is 0.389 e. The number of phenolic OH excluding ortho intramolecular Hbond substituents is 1. The maximum atomic E-state index is 11.9. The summed E-state index contributed by atoms with van der Waals surface area (Å²) in [5, 5.41) is 22.3. The number of halogens is 3. The lowest BCUT2D eigenvalue weighted by Crippen LogP contribution is -2.25. The van der Waals surface area contributed by atoms with E-state index in [1.807, 2.05) is 0 Å². The van der Waals surface area contributed by atoms with Gasteiger partial charge in [-0.05, 0) is 25.0 Å². The van der Waals surface area contributed by atoms with Gasteiger partial charge in [0.25, 0.3) is 11.6 Å². The van der Waals surface area contributed by atoms with Gasteiger partial charge in [0.2, 0.25) is 0 Å². The third-order valence-corrected chi connectivity index (χ3v) is 2.59. The molecule has 0 aliphatic heterocycles. The van der Waals surface area contributed by atoms with Crippen LogP contribution in [-0.4, -0.2) is 28.7 Å². The van der Waals surface area contributed by atoms with E-state index in [9.17, 15) is 33.2 Å². The summed E-state index contributed by atoms with van der Waals surface area (Å²) in [7, 11) is 0. The highest BCUT2D eigenvalue weighted by molar-refractivity contribution is 5.98. The van der Waals surface area contributed by atoms with Crippen molar-refractivity contribution in [2.75, 3.05) is 6.54 Å². The van der Waals surface area contributed by atoms with Crippen LogP contribution in [0, 0.1) is 10.1 Å². The molecule has 21 heavy (non-hydrogen) atoms. The molecule has 0 aliphatic carbocycles. The van der Waals surface area contributed by atoms with E-state index < -0.39 is 29.1 Å². The van der Waals surface area contributed by atoms with Crippen LogP contribution in [0.1, 0.15) is 29.6 Å². The molecule has 0 atom stereocenters. The summed E-state index contributed by atoms with van der Waals surface area (Å²) in [5.41, 5.74) is -0.823. The van der Waals surface area contributed by atoms with Gasteiger partial charge in [-0.3, -0.25) is 14.9 Å². The van der Waals surface area contributed by atoms with Gasteiger partial charge in [0.1, 0.15) is 11.3 Å². The number of aromatic hydroxyl groups is 1. The third-order valence-electron chi connectivity index (χ3n) is 2.59. The summed E-state index contributed by atoms with van der Waals surface area (Å²) in [6.07, 6.45) is -5.24. The lowest BCUT2D eigenvalue weighted by atomic mass is 10.1. The molecule has 1 aromatic carbocycles. The Balaban J connectivity index is 2.56. The van der Waals surface area contributed by atoms with E-state index in [0.717, 1.165) is 18.2 Å². The van der Waals surface area contributed by atoms with Crippen LogP contribution in [0.4, 0.5) is 18.9 Å². The van der Waals surface area contributed by atoms with Crippen LogP contribution in [0.15, 0.2) is 18.2 Å². The van der Waals surface area contributed by atoms with Gasteiger partial charge in [-0.1, -0.05) is 0 Å². The van der Waals surface area contributed by atoms with E-state index in [2.05, 4.69) is 5.32 Å². The molecule has 0 aromatic heterocycles. The van der Waals surface area contributed by atoms with Gasteiger partial charge in [0.05, 0.1) is 4.92 Å². The van der Waals surface area contributed by atoms with E-state index in [0.29, 0.717) is 0 Å². The second-order valence-electron chi connectivity index (χ2n) is 4.29. The quantitative estimate of drug-likeness (QED) is 0.480. The van der Waals surface area contributed by atoms with Crippen molar-refractivity contribution in [1.82, 2.24) is 5.32 Å². The number of carbonyl (C=O) groups is 1. The Labute approximate surface area is 117 Å². The standard InChI is InChI=1S/C12H13F3N2O4/c13-12(14,15)5-1-2-6-16-11(19)9-7-8(18)3-4-10(9)17(20)21/h3-4,7,18H,1-2,5-6H2,(H,16,19). The third kappa shape index (κ3) is 5.67. The molecule has 6 nitrogen and oxygen atoms in total. The molecule has 0 spiro atoms. The van der Waals surface area contributed by atoms with Gasteiger partial charge in [-0.2, -0.15) is 13.2 Å². The lowest BCUT2D eigenvalue weighted by Gasteiger charge is -2.07. The normalized spacial score (nSPS) is 11.2. The molecule has 1 aromatic rings. The molecule has 0 saturated carbocycles. The number of unbranched alkanes of at least 4 members (excludes halogenated alkanes) is 1. The molecule has 1 rings (SSSR count). The van der Waals surface area contributed by atoms with E-state index in [-0.39, 0.29) is 30.7 Å². The van der Waals surface area contributed by atoms with Crippen LogP contribution in [0.25, 0.3) is 0 Å². The monoisotopic (exact) mass is 306 g/mol. The topological polar surface area (TPSA) is 92.5 Å². The van der Waals surface area contributed by atoms with Crippen LogP contribution in [-0.2, 0) is 0 Å². The van der Waals surface area contributed by atoms with E-state index >= 15 is 0 Å². The van der Waals surface area contributed by atoms with Gasteiger partial charge in [-0.15, -0.1) is 0 Å². The van der Waals surface area contributed by atoms with Crippen LogP contribution in [0.3, 0.4) is 0 Å². The van der Waals surface area contributed by atoms with Gasteiger partial charge in [-0.25, -0.2) is 0 Å². The molecule has 2 N–H and O–H groups in total. The molecule has 0 aliphatic rings. The van der Waals surface area contributed by atoms with Crippen molar-refractivity contribution in [3.63, 3.8) is 0 Å². The summed E-state index contributed by atoms with van der Waals surface area (Å²) in [5.74, 6) is -1.13. The number of rotatable bonds is 6. The van der Waals surface area contributed by atoms with Crippen molar-refractivity contribution in [1.29, 1.82) is 0 Å². The highest BCUT2D eigenvalue weighted by atomic mass is 19.4. The average Bonchev–Trinajstić information content (AvgIpc) is 2.36. The lowest BCUT2D eigenvalue weighted by molar-refractivity contribution is -0.385. The Bertz CT molecular complexity index is 532. The first kappa shape index (κ1) is 16.7. The largest absolute Gasteiger partial charge is 0.508 e. The number of carbonyl (C=O) groups excluding carboxylic acids is 1. The summed E-state index contributed by atoms with van der Waals surface area (Å²) >= 11 is 0. The van der Waals surface area contributed by atoms with E-state index in [1.165, 1.54) is 0 Å². The predicted molar refractivity (Wildman–Crippen MR) is 67.0 cm³/mol. The highest BCUT2D eigenvalue weighted by Gasteiger charge is 2.26. The van der Waals surface area contributed by atoms with Crippen molar-refractivity contribution in [3.05, 3.63) is 33.9 Å². The minimum Gasteiger partial charge on any atom is -0.508 e. The Kier molecular flexibility index (Phi) is 5.51. The first-order valence-corrected chi connectivity index (χ1v) is 6.03. The molecule has 0 fully saturated rings. The summed E-state index contributed by atoms with van der Waals surface area (Å²) in [6, 6.07) is 2.98. The number of nitrogens with zero attached hydrogens (tertiary/aromatic N) is 1. The molecule has 9 heteroatoms. The van der Waals surface area contributed by atoms with Crippen LogP contribution in [0.5, 0.6) is 5.75 Å². The van der Waals surface area contributed by atoms with Crippen LogP contribution < -0.4 is 5.32 Å². The van der Waals surface area contributed by atoms with Crippen LogP contribution in [0.2, 0.25) is 0 Å². The minimum absolute atomic E-state index is 0.0400. The second-order valence-corrected chi connectivity index (χ2v) is 4.29. The average molecular weight is 306 g/mol. The molecular weight excluding hydrogens is 293 g/mol. The van der Waals surface area contributed by atoms with Crippen molar-refractivity contribution in [3.8, 4) is 5.75 Å². The molecule has 116 valence electrons. The Morgan fingerprint density at radius 1 is 1.33 bits per heavy atom. The molecule has 0 radical (unpaired) electrons. The predicted octanol–water partition coefficient (Wildman–Crippen LogP) is 2.76. The number of phenols is 1. The zero-order chi connectivity index (χ0) is 16.0. The van der Waals surface area contributed by atoms with E-state index in [4.69, 9.17) is 0 Å². The van der Waals surface area contributed by atoms with Crippen molar-refractivity contribution < 1.29 is 28.0 Å². The summed E-state index contributed by atoms with van der Waals surface area (Å²) in [4.78, 5) is 21.7. The molecule has 0 heterocycles. The maximum Gasteiger partial charge on any atom is 0.389 e. The Hall–Kier alpha value is -2.32. The number of benzene rings is 1. The number of amides is 1. The van der Waals surface area contributed by atoms with Gasteiger partial charge >= 0.3 is 6.18 Å². The molecular formula is C12H13F3N2O4. The summed E-state index contributed by atoms with van der Waals surface area (Å²) < 4.78 is 35.7.